The summed E-state index contributed by atoms with van der Waals surface area (Å²) in [4.78, 5) is 4.19. The smallest absolute Gasteiger partial charge is 0.203 e. The van der Waals surface area contributed by atoms with Gasteiger partial charge in [-0.3, -0.25) is 0 Å². The minimum Gasteiger partial charge on any atom is -0.352 e. The minimum absolute atomic E-state index is 0.207. The van der Waals surface area contributed by atoms with Crippen molar-refractivity contribution in [2.75, 3.05) is 23.4 Å². The maximum atomic E-state index is 11.4. The molecule has 2 rings (SSSR count). The Morgan fingerprint density at radius 3 is 3.12 bits per heavy atom. The number of hydrogen-bond acceptors (Lipinski definition) is 4. The van der Waals surface area contributed by atoms with Gasteiger partial charge in [-0.25, -0.2) is 13.4 Å². The lowest BCUT2D eigenvalue weighted by Gasteiger charge is -2.12. The van der Waals surface area contributed by atoms with Gasteiger partial charge in [-0.2, -0.15) is 0 Å². The highest BCUT2D eigenvalue weighted by molar-refractivity contribution is 7.91. The van der Waals surface area contributed by atoms with Crippen LogP contribution in [0.3, 0.4) is 0 Å². The maximum Gasteiger partial charge on any atom is 0.203 e. The fourth-order valence-corrected chi connectivity index (χ4v) is 3.93. The van der Waals surface area contributed by atoms with Gasteiger partial charge in [0.1, 0.15) is 0 Å². The van der Waals surface area contributed by atoms with Crippen LogP contribution in [-0.2, 0) is 16.4 Å². The van der Waals surface area contributed by atoms with Gasteiger partial charge in [-0.05, 0) is 12.3 Å². The average Bonchev–Trinajstić information content (AvgIpc) is 2.83. The molecule has 0 spiro atoms. The third-order valence-electron chi connectivity index (χ3n) is 2.90. The summed E-state index contributed by atoms with van der Waals surface area (Å²) in [6, 6.07) is 0. The number of rotatable bonds is 5. The van der Waals surface area contributed by atoms with Crippen molar-refractivity contribution in [3.8, 4) is 0 Å². The highest BCUT2D eigenvalue weighted by atomic mass is 32.2. The Balaban J connectivity index is 1.99. The third-order valence-corrected chi connectivity index (χ3v) is 4.74. The summed E-state index contributed by atoms with van der Waals surface area (Å²) in [6.07, 6.45) is 6.10. The van der Waals surface area contributed by atoms with E-state index in [0.717, 1.165) is 12.4 Å². The number of anilines is 1. The number of imidazole rings is 1. The number of nitrogens with zero attached hydrogens (tertiary/aromatic N) is 2. The van der Waals surface area contributed by atoms with E-state index in [4.69, 9.17) is 0 Å². The molecule has 0 aliphatic carbocycles. The first-order valence-corrected chi connectivity index (χ1v) is 7.49. The van der Waals surface area contributed by atoms with E-state index in [0.29, 0.717) is 24.6 Å². The Morgan fingerprint density at radius 2 is 2.47 bits per heavy atom. The van der Waals surface area contributed by atoms with Gasteiger partial charge in [-0.15, -0.1) is 6.58 Å². The molecule has 0 bridgehead atoms. The molecule has 0 saturated carbocycles. The molecule has 1 aromatic heterocycles. The fourth-order valence-electron chi connectivity index (χ4n) is 2.08. The minimum atomic E-state index is -2.80. The SMILES string of the molecule is C=CCNc1nccn1CC1CCS(=O)(=O)C1. The monoisotopic (exact) mass is 255 g/mol. The average molecular weight is 255 g/mol. The van der Waals surface area contributed by atoms with Crippen LogP contribution in [0.25, 0.3) is 0 Å². The Bertz CT molecular complexity index is 493. The first kappa shape index (κ1) is 12.2. The molecule has 2 heterocycles. The zero-order valence-electron chi connectivity index (χ0n) is 9.67. The molecule has 5 nitrogen and oxygen atoms in total. The Labute approximate surface area is 101 Å². The van der Waals surface area contributed by atoms with Gasteiger partial charge >= 0.3 is 0 Å². The van der Waals surface area contributed by atoms with Gasteiger partial charge in [0.15, 0.2) is 9.84 Å². The summed E-state index contributed by atoms with van der Waals surface area (Å²) in [7, 11) is -2.80. The summed E-state index contributed by atoms with van der Waals surface area (Å²) < 4.78 is 24.7. The molecular formula is C11H17N3O2S. The van der Waals surface area contributed by atoms with Crippen LogP contribution in [0.4, 0.5) is 5.95 Å². The van der Waals surface area contributed by atoms with E-state index in [1.807, 2.05) is 10.8 Å². The molecule has 1 unspecified atom stereocenters. The van der Waals surface area contributed by atoms with Crippen molar-refractivity contribution in [1.82, 2.24) is 9.55 Å². The van der Waals surface area contributed by atoms with Crippen LogP contribution < -0.4 is 5.32 Å². The summed E-state index contributed by atoms with van der Waals surface area (Å²) >= 11 is 0. The number of sulfone groups is 1. The summed E-state index contributed by atoms with van der Waals surface area (Å²) in [5, 5.41) is 3.12. The van der Waals surface area contributed by atoms with Gasteiger partial charge < -0.3 is 9.88 Å². The second kappa shape index (κ2) is 4.91. The van der Waals surface area contributed by atoms with Crippen molar-refractivity contribution in [1.29, 1.82) is 0 Å². The third kappa shape index (κ3) is 3.09. The molecule has 0 radical (unpaired) electrons. The number of hydrogen-bond donors (Lipinski definition) is 1. The lowest BCUT2D eigenvalue weighted by Crippen LogP contribution is -2.14. The first-order valence-electron chi connectivity index (χ1n) is 5.67. The van der Waals surface area contributed by atoms with Crippen LogP contribution in [-0.4, -0.2) is 36.0 Å². The van der Waals surface area contributed by atoms with Gasteiger partial charge in [0.2, 0.25) is 5.95 Å². The predicted molar refractivity (Wildman–Crippen MR) is 67.7 cm³/mol. The van der Waals surface area contributed by atoms with E-state index in [1.54, 1.807) is 12.3 Å². The van der Waals surface area contributed by atoms with Crippen molar-refractivity contribution in [3.63, 3.8) is 0 Å². The Kier molecular flexibility index (Phi) is 3.51. The first-order chi connectivity index (χ1) is 8.11. The van der Waals surface area contributed by atoms with E-state index >= 15 is 0 Å². The molecule has 1 aromatic rings. The second-order valence-electron chi connectivity index (χ2n) is 4.34. The van der Waals surface area contributed by atoms with Gasteiger partial charge in [0.25, 0.3) is 0 Å². The number of aromatic nitrogens is 2. The number of nitrogens with one attached hydrogen (secondary N) is 1. The van der Waals surface area contributed by atoms with Crippen LogP contribution in [0.15, 0.2) is 25.0 Å². The van der Waals surface area contributed by atoms with Gasteiger partial charge in [-0.1, -0.05) is 6.08 Å². The molecule has 1 aliphatic rings. The molecular weight excluding hydrogens is 238 g/mol. The topological polar surface area (TPSA) is 64.0 Å². The summed E-state index contributed by atoms with van der Waals surface area (Å²) in [5.41, 5.74) is 0. The molecule has 1 fully saturated rings. The van der Waals surface area contributed by atoms with Crippen molar-refractivity contribution in [2.24, 2.45) is 5.92 Å². The van der Waals surface area contributed by atoms with Crippen molar-refractivity contribution < 1.29 is 8.42 Å². The molecule has 6 heteroatoms. The normalized spacial score (nSPS) is 22.5. The van der Waals surface area contributed by atoms with E-state index in [9.17, 15) is 8.42 Å². The molecule has 94 valence electrons. The standard InChI is InChI=1S/C11H17N3O2S/c1-2-4-12-11-13-5-6-14(11)8-10-3-7-17(15,16)9-10/h2,5-6,10H,1,3-4,7-9H2,(H,12,13). The molecule has 1 saturated heterocycles. The van der Waals surface area contributed by atoms with E-state index < -0.39 is 9.84 Å². The lowest BCUT2D eigenvalue weighted by atomic mass is 10.1. The fraction of sp³-hybridized carbons (Fsp3) is 0.545. The van der Waals surface area contributed by atoms with Crippen LogP contribution >= 0.6 is 0 Å². The Morgan fingerprint density at radius 1 is 1.65 bits per heavy atom. The molecule has 17 heavy (non-hydrogen) atoms. The second-order valence-corrected chi connectivity index (χ2v) is 6.57. The van der Waals surface area contributed by atoms with Crippen LogP contribution in [0.2, 0.25) is 0 Å². The van der Waals surface area contributed by atoms with Crippen LogP contribution in [0.1, 0.15) is 6.42 Å². The van der Waals surface area contributed by atoms with E-state index in [1.165, 1.54) is 0 Å². The molecule has 1 aliphatic heterocycles. The Hall–Kier alpha value is -1.30. The molecule has 1 N–H and O–H groups in total. The van der Waals surface area contributed by atoms with Crippen molar-refractivity contribution in [2.45, 2.75) is 13.0 Å². The van der Waals surface area contributed by atoms with E-state index in [-0.39, 0.29) is 5.92 Å². The maximum absolute atomic E-state index is 11.4. The van der Waals surface area contributed by atoms with Crippen LogP contribution in [0.5, 0.6) is 0 Å². The van der Waals surface area contributed by atoms with Gasteiger partial charge in [0, 0.05) is 25.5 Å². The zero-order valence-corrected chi connectivity index (χ0v) is 10.5. The lowest BCUT2D eigenvalue weighted by molar-refractivity contribution is 0.494. The predicted octanol–water partition coefficient (Wildman–Crippen LogP) is 0.916. The van der Waals surface area contributed by atoms with Crippen molar-refractivity contribution >= 4 is 15.8 Å². The van der Waals surface area contributed by atoms with Crippen LogP contribution in [0, 0.1) is 5.92 Å². The summed E-state index contributed by atoms with van der Waals surface area (Å²) in [5.74, 6) is 1.60. The molecule has 0 aromatic carbocycles. The molecule has 1 atom stereocenters. The summed E-state index contributed by atoms with van der Waals surface area (Å²) in [6.45, 7) is 4.99. The quantitative estimate of drug-likeness (QED) is 0.795. The zero-order chi connectivity index (χ0) is 12.3. The highest BCUT2D eigenvalue weighted by Gasteiger charge is 2.28. The highest BCUT2D eigenvalue weighted by Crippen LogP contribution is 2.21. The molecule has 0 amide bonds. The van der Waals surface area contributed by atoms with Gasteiger partial charge in [0.05, 0.1) is 11.5 Å². The van der Waals surface area contributed by atoms with Crippen molar-refractivity contribution in [3.05, 3.63) is 25.0 Å². The van der Waals surface area contributed by atoms with E-state index in [2.05, 4.69) is 16.9 Å². The largest absolute Gasteiger partial charge is 0.352 e.